The van der Waals surface area contributed by atoms with E-state index in [0.717, 1.165) is 30.4 Å². The number of hydrogen-bond acceptors (Lipinski definition) is 8. The Labute approximate surface area is 192 Å². The SMILES string of the molecule is CC(C)(C)OC(=O)N1CC(N=Cc2ccc(-c3noc(C4CCN(C=O)CC4)n3)cc2N)C1. The van der Waals surface area contributed by atoms with E-state index in [2.05, 4.69) is 15.1 Å². The van der Waals surface area contributed by atoms with Gasteiger partial charge in [-0.25, -0.2) is 4.79 Å². The minimum Gasteiger partial charge on any atom is -0.444 e. The molecular weight excluding hydrogens is 424 g/mol. The molecule has 1 aromatic carbocycles. The maximum atomic E-state index is 12.0. The molecule has 2 amide bonds. The molecule has 0 radical (unpaired) electrons. The van der Waals surface area contributed by atoms with Crippen LogP contribution < -0.4 is 5.73 Å². The standard InChI is InChI=1S/C23H30N6O4/c1-23(2,3)32-22(31)29-12-18(13-29)25-11-17-5-4-16(10-19(17)24)20-26-21(33-27-20)15-6-8-28(14-30)9-7-15/h4-5,10-11,14-15,18H,6-9,12-13,24H2,1-3H3. The van der Waals surface area contributed by atoms with Gasteiger partial charge >= 0.3 is 6.09 Å². The zero-order valence-corrected chi connectivity index (χ0v) is 19.2. The van der Waals surface area contributed by atoms with Crippen LogP contribution in [-0.4, -0.2) is 76.5 Å². The van der Waals surface area contributed by atoms with Crippen molar-refractivity contribution in [2.75, 3.05) is 31.9 Å². The zero-order chi connectivity index (χ0) is 23.6. The Kier molecular flexibility index (Phi) is 6.35. The lowest BCUT2D eigenvalue weighted by Gasteiger charge is -2.37. The first-order valence-electron chi connectivity index (χ1n) is 11.2. The average molecular weight is 455 g/mol. The molecule has 2 fully saturated rings. The van der Waals surface area contributed by atoms with Gasteiger partial charge in [0.2, 0.25) is 18.1 Å². The van der Waals surface area contributed by atoms with E-state index < -0.39 is 5.60 Å². The Morgan fingerprint density at radius 2 is 2.00 bits per heavy atom. The average Bonchev–Trinajstić information content (AvgIpc) is 3.22. The lowest BCUT2D eigenvalue weighted by Crippen LogP contribution is -2.54. The molecule has 2 aliphatic rings. The van der Waals surface area contributed by atoms with Gasteiger partial charge in [0, 0.05) is 55.1 Å². The number of aromatic nitrogens is 2. The number of carbonyl (C=O) groups excluding carboxylic acids is 2. The molecule has 2 saturated heterocycles. The third-order valence-electron chi connectivity index (χ3n) is 5.75. The van der Waals surface area contributed by atoms with E-state index in [1.807, 2.05) is 32.9 Å². The number of aliphatic imine (C=N–C) groups is 1. The second-order valence-corrected chi connectivity index (χ2v) is 9.53. The van der Waals surface area contributed by atoms with Crippen LogP contribution in [-0.2, 0) is 9.53 Å². The van der Waals surface area contributed by atoms with Crippen molar-refractivity contribution in [2.45, 2.75) is 51.2 Å². The van der Waals surface area contributed by atoms with Gasteiger partial charge < -0.3 is 24.8 Å². The van der Waals surface area contributed by atoms with E-state index in [9.17, 15) is 9.59 Å². The fraction of sp³-hybridized carbons (Fsp3) is 0.522. The van der Waals surface area contributed by atoms with Crippen LogP contribution in [0.25, 0.3) is 11.4 Å². The molecule has 2 N–H and O–H groups in total. The summed E-state index contributed by atoms with van der Waals surface area (Å²) in [6.45, 7) is 8.00. The van der Waals surface area contributed by atoms with Crippen LogP contribution in [0.1, 0.15) is 51.0 Å². The maximum Gasteiger partial charge on any atom is 0.410 e. The number of amides is 2. The Bertz CT molecular complexity index is 1030. The van der Waals surface area contributed by atoms with Crippen molar-refractivity contribution < 1.29 is 18.8 Å². The van der Waals surface area contributed by atoms with Crippen molar-refractivity contribution in [1.29, 1.82) is 0 Å². The molecule has 4 rings (SSSR count). The second kappa shape index (κ2) is 9.21. The van der Waals surface area contributed by atoms with Gasteiger partial charge in [-0.05, 0) is 39.7 Å². The van der Waals surface area contributed by atoms with Gasteiger partial charge in [0.05, 0.1) is 6.04 Å². The minimum absolute atomic E-state index is 0.0296. The Hall–Kier alpha value is -3.43. The number of benzene rings is 1. The summed E-state index contributed by atoms with van der Waals surface area (Å²) in [6.07, 6.45) is 3.92. The third-order valence-corrected chi connectivity index (χ3v) is 5.75. The summed E-state index contributed by atoms with van der Waals surface area (Å²) in [5.41, 5.74) is 7.84. The van der Waals surface area contributed by atoms with E-state index in [0.29, 0.717) is 43.6 Å². The Balaban J connectivity index is 1.33. The maximum absolute atomic E-state index is 12.0. The van der Waals surface area contributed by atoms with Gasteiger partial charge in [0.1, 0.15) is 5.60 Å². The number of nitrogens with two attached hydrogens (primary N) is 1. The number of hydrogen-bond donors (Lipinski definition) is 1. The van der Waals surface area contributed by atoms with Crippen molar-refractivity contribution >= 4 is 24.4 Å². The highest BCUT2D eigenvalue weighted by atomic mass is 16.6. The molecule has 2 aromatic rings. The molecule has 3 heterocycles. The topological polar surface area (TPSA) is 127 Å². The van der Waals surface area contributed by atoms with Crippen LogP contribution in [0.4, 0.5) is 10.5 Å². The summed E-state index contributed by atoms with van der Waals surface area (Å²) < 4.78 is 10.8. The van der Waals surface area contributed by atoms with Gasteiger partial charge in [-0.3, -0.25) is 9.79 Å². The molecule has 0 spiro atoms. The van der Waals surface area contributed by atoms with E-state index in [1.165, 1.54) is 0 Å². The largest absolute Gasteiger partial charge is 0.444 e. The van der Waals surface area contributed by atoms with Crippen LogP contribution >= 0.6 is 0 Å². The second-order valence-electron chi connectivity index (χ2n) is 9.53. The van der Waals surface area contributed by atoms with Crippen LogP contribution in [0.2, 0.25) is 0 Å². The highest BCUT2D eigenvalue weighted by molar-refractivity contribution is 5.88. The Morgan fingerprint density at radius 1 is 1.27 bits per heavy atom. The van der Waals surface area contributed by atoms with Crippen molar-refractivity contribution in [3.63, 3.8) is 0 Å². The smallest absolute Gasteiger partial charge is 0.410 e. The quantitative estimate of drug-likeness (QED) is 0.418. The highest BCUT2D eigenvalue weighted by Crippen LogP contribution is 2.29. The Morgan fingerprint density at radius 3 is 2.64 bits per heavy atom. The van der Waals surface area contributed by atoms with E-state index >= 15 is 0 Å². The minimum atomic E-state index is -0.505. The molecule has 0 saturated carbocycles. The fourth-order valence-electron chi connectivity index (χ4n) is 3.81. The predicted octanol–water partition coefficient (Wildman–Crippen LogP) is 2.69. The number of rotatable bonds is 5. The van der Waals surface area contributed by atoms with Gasteiger partial charge in [-0.1, -0.05) is 17.3 Å². The lowest BCUT2D eigenvalue weighted by molar-refractivity contribution is -0.119. The van der Waals surface area contributed by atoms with Crippen molar-refractivity contribution in [3.05, 3.63) is 29.7 Å². The highest BCUT2D eigenvalue weighted by Gasteiger charge is 2.33. The number of likely N-dealkylation sites (tertiary alicyclic amines) is 2. The monoisotopic (exact) mass is 454 g/mol. The number of nitrogen functional groups attached to an aromatic ring is 1. The van der Waals surface area contributed by atoms with Crippen molar-refractivity contribution in [1.82, 2.24) is 19.9 Å². The summed E-state index contributed by atoms with van der Waals surface area (Å²) in [4.78, 5) is 35.4. The molecule has 0 aliphatic carbocycles. The lowest BCUT2D eigenvalue weighted by atomic mass is 9.97. The van der Waals surface area contributed by atoms with E-state index in [4.69, 9.17) is 15.0 Å². The number of nitrogens with zero attached hydrogens (tertiary/aromatic N) is 5. The predicted molar refractivity (Wildman–Crippen MR) is 123 cm³/mol. The summed E-state index contributed by atoms with van der Waals surface area (Å²) >= 11 is 0. The van der Waals surface area contributed by atoms with Crippen molar-refractivity contribution in [3.8, 4) is 11.4 Å². The zero-order valence-electron chi connectivity index (χ0n) is 19.2. The van der Waals surface area contributed by atoms with Gasteiger partial charge in [-0.15, -0.1) is 0 Å². The summed E-state index contributed by atoms with van der Waals surface area (Å²) in [7, 11) is 0. The number of ether oxygens (including phenoxy) is 1. The number of carbonyl (C=O) groups is 2. The fourth-order valence-corrected chi connectivity index (χ4v) is 3.81. The number of anilines is 1. The van der Waals surface area contributed by atoms with Crippen LogP contribution in [0.3, 0.4) is 0 Å². The third kappa shape index (κ3) is 5.50. The molecule has 176 valence electrons. The molecule has 1 aromatic heterocycles. The van der Waals surface area contributed by atoms with E-state index in [1.54, 1.807) is 22.1 Å². The first-order chi connectivity index (χ1) is 15.7. The molecular formula is C23H30N6O4. The first kappa shape index (κ1) is 22.8. The van der Waals surface area contributed by atoms with Crippen LogP contribution in [0, 0.1) is 0 Å². The molecule has 0 unspecified atom stereocenters. The summed E-state index contributed by atoms with van der Waals surface area (Å²) in [5, 5.41) is 4.11. The summed E-state index contributed by atoms with van der Waals surface area (Å²) in [5.74, 6) is 1.25. The van der Waals surface area contributed by atoms with Gasteiger partial charge in [0.25, 0.3) is 0 Å². The molecule has 2 aliphatic heterocycles. The van der Waals surface area contributed by atoms with E-state index in [-0.39, 0.29) is 18.1 Å². The normalized spacial score (nSPS) is 17.9. The molecule has 10 heteroatoms. The van der Waals surface area contributed by atoms with Crippen molar-refractivity contribution in [2.24, 2.45) is 4.99 Å². The molecule has 33 heavy (non-hydrogen) atoms. The molecule has 10 nitrogen and oxygen atoms in total. The molecule has 0 bridgehead atoms. The van der Waals surface area contributed by atoms with Gasteiger partial charge in [0.15, 0.2) is 0 Å². The first-order valence-corrected chi connectivity index (χ1v) is 11.2. The summed E-state index contributed by atoms with van der Waals surface area (Å²) in [6, 6.07) is 5.59. The molecule has 0 atom stereocenters. The van der Waals surface area contributed by atoms with Crippen LogP contribution in [0.15, 0.2) is 27.7 Å². The van der Waals surface area contributed by atoms with Crippen LogP contribution in [0.5, 0.6) is 0 Å². The number of piperidine rings is 1. The van der Waals surface area contributed by atoms with Gasteiger partial charge in [-0.2, -0.15) is 4.98 Å².